The zero-order valence-corrected chi connectivity index (χ0v) is 7.18. The summed E-state index contributed by atoms with van der Waals surface area (Å²) in [5, 5.41) is 9.03. The Morgan fingerprint density at radius 1 is 1.62 bits per heavy atom. The summed E-state index contributed by atoms with van der Waals surface area (Å²) in [6.07, 6.45) is 1.49. The third kappa shape index (κ3) is 1.28. The first-order chi connectivity index (χ1) is 6.36. The van der Waals surface area contributed by atoms with Gasteiger partial charge in [0.1, 0.15) is 11.9 Å². The zero-order chi connectivity index (χ0) is 9.26. The topological polar surface area (TPSA) is 68.4 Å². The van der Waals surface area contributed by atoms with Crippen LogP contribution in [0.4, 0.5) is 0 Å². The standard InChI is InChI=1S/C9H12N2O2/c10-4-6-8(5-12)13-7-2-1-3-11-9(6)7/h1-3,6,8,12H,4-5,10H2/t6-,8-/m1/s1. The van der Waals surface area contributed by atoms with Gasteiger partial charge >= 0.3 is 0 Å². The maximum atomic E-state index is 9.03. The minimum atomic E-state index is -0.227. The molecular formula is C9H12N2O2. The van der Waals surface area contributed by atoms with Crippen LogP contribution in [-0.2, 0) is 0 Å². The predicted molar refractivity (Wildman–Crippen MR) is 47.5 cm³/mol. The Kier molecular flexibility index (Phi) is 2.16. The van der Waals surface area contributed by atoms with Gasteiger partial charge in [0.05, 0.1) is 18.2 Å². The van der Waals surface area contributed by atoms with Gasteiger partial charge in [0.25, 0.3) is 0 Å². The molecule has 0 radical (unpaired) electrons. The number of nitrogens with two attached hydrogens (primary N) is 1. The fourth-order valence-corrected chi connectivity index (χ4v) is 1.63. The summed E-state index contributed by atoms with van der Waals surface area (Å²) in [5.41, 5.74) is 6.45. The number of hydrogen-bond acceptors (Lipinski definition) is 4. The molecule has 0 fully saturated rings. The monoisotopic (exact) mass is 180 g/mol. The van der Waals surface area contributed by atoms with Crippen molar-refractivity contribution < 1.29 is 9.84 Å². The van der Waals surface area contributed by atoms with Gasteiger partial charge in [0.15, 0.2) is 0 Å². The number of aromatic nitrogens is 1. The van der Waals surface area contributed by atoms with Crippen LogP contribution in [0.5, 0.6) is 5.75 Å². The second-order valence-corrected chi connectivity index (χ2v) is 3.07. The van der Waals surface area contributed by atoms with Crippen molar-refractivity contribution in [3.8, 4) is 5.75 Å². The lowest BCUT2D eigenvalue weighted by atomic mass is 10.0. The summed E-state index contributed by atoms with van der Waals surface area (Å²) >= 11 is 0. The molecule has 2 heterocycles. The van der Waals surface area contributed by atoms with Crippen LogP contribution < -0.4 is 10.5 Å². The number of hydrogen-bond donors (Lipinski definition) is 2. The Bertz CT molecular complexity index is 303. The molecular weight excluding hydrogens is 168 g/mol. The molecule has 1 aliphatic rings. The Balaban J connectivity index is 2.34. The normalized spacial score (nSPS) is 25.4. The van der Waals surface area contributed by atoms with Crippen molar-refractivity contribution in [2.75, 3.05) is 13.2 Å². The van der Waals surface area contributed by atoms with E-state index in [1.807, 2.05) is 12.1 Å². The van der Waals surface area contributed by atoms with E-state index in [4.69, 9.17) is 15.6 Å². The molecule has 0 saturated heterocycles. The highest BCUT2D eigenvalue weighted by Crippen LogP contribution is 2.35. The third-order valence-electron chi connectivity index (χ3n) is 2.31. The Labute approximate surface area is 76.4 Å². The van der Waals surface area contributed by atoms with E-state index in [0.717, 1.165) is 11.4 Å². The molecule has 0 aromatic carbocycles. The first kappa shape index (κ1) is 8.47. The first-order valence-corrected chi connectivity index (χ1v) is 4.29. The summed E-state index contributed by atoms with van der Waals surface area (Å²) in [6, 6.07) is 3.66. The highest BCUT2D eigenvalue weighted by atomic mass is 16.5. The van der Waals surface area contributed by atoms with Crippen molar-refractivity contribution in [1.82, 2.24) is 4.98 Å². The minimum absolute atomic E-state index is 0.0156. The molecule has 1 aromatic rings. The average molecular weight is 180 g/mol. The number of aliphatic hydroxyl groups is 1. The summed E-state index contributed by atoms with van der Waals surface area (Å²) in [5.74, 6) is 0.776. The molecule has 4 nitrogen and oxygen atoms in total. The highest BCUT2D eigenvalue weighted by molar-refractivity contribution is 5.35. The molecule has 2 atom stereocenters. The fourth-order valence-electron chi connectivity index (χ4n) is 1.63. The van der Waals surface area contributed by atoms with Gasteiger partial charge in [-0.25, -0.2) is 0 Å². The van der Waals surface area contributed by atoms with E-state index in [-0.39, 0.29) is 18.6 Å². The number of rotatable bonds is 2. The molecule has 0 aliphatic carbocycles. The molecule has 4 heteroatoms. The van der Waals surface area contributed by atoms with E-state index in [1.54, 1.807) is 6.20 Å². The van der Waals surface area contributed by atoms with Crippen LogP contribution in [-0.4, -0.2) is 29.3 Å². The second kappa shape index (κ2) is 3.32. The SMILES string of the molecule is NC[C@H]1c2ncccc2O[C@@H]1CO. The van der Waals surface area contributed by atoms with Gasteiger partial charge in [-0.2, -0.15) is 0 Å². The largest absolute Gasteiger partial charge is 0.485 e. The van der Waals surface area contributed by atoms with Gasteiger partial charge in [0, 0.05) is 12.7 Å². The van der Waals surface area contributed by atoms with E-state index in [1.165, 1.54) is 0 Å². The lowest BCUT2D eigenvalue weighted by Gasteiger charge is -2.13. The third-order valence-corrected chi connectivity index (χ3v) is 2.31. The maximum absolute atomic E-state index is 9.03. The molecule has 0 saturated carbocycles. The minimum Gasteiger partial charge on any atom is -0.485 e. The van der Waals surface area contributed by atoms with Gasteiger partial charge in [-0.1, -0.05) is 0 Å². The molecule has 0 spiro atoms. The van der Waals surface area contributed by atoms with E-state index in [0.29, 0.717) is 6.54 Å². The lowest BCUT2D eigenvalue weighted by molar-refractivity contribution is 0.117. The number of pyridine rings is 1. The van der Waals surface area contributed by atoms with E-state index < -0.39 is 0 Å². The van der Waals surface area contributed by atoms with Crippen molar-refractivity contribution >= 4 is 0 Å². The number of nitrogens with zero attached hydrogens (tertiary/aromatic N) is 1. The highest BCUT2D eigenvalue weighted by Gasteiger charge is 2.33. The van der Waals surface area contributed by atoms with Crippen molar-refractivity contribution in [2.24, 2.45) is 5.73 Å². The number of fused-ring (bicyclic) bond motifs is 1. The van der Waals surface area contributed by atoms with Crippen molar-refractivity contribution in [3.05, 3.63) is 24.0 Å². The maximum Gasteiger partial charge on any atom is 0.141 e. The summed E-state index contributed by atoms with van der Waals surface area (Å²) in [6.45, 7) is 0.438. The molecule has 3 N–H and O–H groups in total. The van der Waals surface area contributed by atoms with E-state index >= 15 is 0 Å². The summed E-state index contributed by atoms with van der Waals surface area (Å²) < 4.78 is 5.47. The zero-order valence-electron chi connectivity index (χ0n) is 7.18. The molecule has 0 bridgehead atoms. The van der Waals surface area contributed by atoms with Crippen LogP contribution >= 0.6 is 0 Å². The Hall–Kier alpha value is -1.13. The quantitative estimate of drug-likeness (QED) is 0.665. The summed E-state index contributed by atoms with van der Waals surface area (Å²) in [4.78, 5) is 4.19. The molecule has 2 rings (SSSR count). The second-order valence-electron chi connectivity index (χ2n) is 3.07. The molecule has 1 aromatic heterocycles. The number of aliphatic hydroxyl groups excluding tert-OH is 1. The fraction of sp³-hybridized carbons (Fsp3) is 0.444. The molecule has 70 valence electrons. The lowest BCUT2D eigenvalue weighted by Crippen LogP contribution is -2.28. The van der Waals surface area contributed by atoms with Gasteiger partial charge in [0.2, 0.25) is 0 Å². The van der Waals surface area contributed by atoms with Gasteiger partial charge in [-0.05, 0) is 12.1 Å². The van der Waals surface area contributed by atoms with Crippen molar-refractivity contribution in [3.63, 3.8) is 0 Å². The molecule has 0 unspecified atom stereocenters. The van der Waals surface area contributed by atoms with Gasteiger partial charge in [-0.3, -0.25) is 4.98 Å². The summed E-state index contributed by atoms with van der Waals surface area (Å²) in [7, 11) is 0. The smallest absolute Gasteiger partial charge is 0.141 e. The van der Waals surface area contributed by atoms with Crippen LogP contribution in [0.2, 0.25) is 0 Å². The molecule has 1 aliphatic heterocycles. The van der Waals surface area contributed by atoms with E-state index in [2.05, 4.69) is 4.98 Å². The number of ether oxygens (including phenoxy) is 1. The Morgan fingerprint density at radius 2 is 2.46 bits per heavy atom. The van der Waals surface area contributed by atoms with Crippen LogP contribution in [0.1, 0.15) is 11.6 Å². The van der Waals surface area contributed by atoms with Gasteiger partial charge in [-0.15, -0.1) is 0 Å². The van der Waals surface area contributed by atoms with Crippen molar-refractivity contribution in [2.45, 2.75) is 12.0 Å². The first-order valence-electron chi connectivity index (χ1n) is 4.29. The van der Waals surface area contributed by atoms with Crippen LogP contribution in [0.25, 0.3) is 0 Å². The van der Waals surface area contributed by atoms with Crippen LogP contribution in [0.3, 0.4) is 0 Å². The molecule has 0 amide bonds. The molecule has 13 heavy (non-hydrogen) atoms. The van der Waals surface area contributed by atoms with Crippen molar-refractivity contribution in [1.29, 1.82) is 0 Å². The van der Waals surface area contributed by atoms with E-state index in [9.17, 15) is 0 Å². The van der Waals surface area contributed by atoms with Crippen LogP contribution in [0.15, 0.2) is 18.3 Å². The predicted octanol–water partition coefficient (Wildman–Crippen LogP) is -0.123. The average Bonchev–Trinajstić information content (AvgIpc) is 2.55. The Morgan fingerprint density at radius 3 is 3.15 bits per heavy atom. The van der Waals surface area contributed by atoms with Gasteiger partial charge < -0.3 is 15.6 Å². The van der Waals surface area contributed by atoms with Crippen LogP contribution in [0, 0.1) is 0 Å².